The number of ether oxygens (including phenoxy) is 2. The minimum Gasteiger partial charge on any atom is -0.497 e. The van der Waals surface area contributed by atoms with Crippen molar-refractivity contribution in [1.82, 2.24) is 10.2 Å². The zero-order valence-corrected chi connectivity index (χ0v) is 17.0. The SMILES string of the molecule is COc1ccc(C(=O)NCC(=O)O[C@H](C(=O)N2CCCCC2)c2ccccc2)cc1. The Kier molecular flexibility index (Phi) is 7.43. The molecule has 1 aliphatic rings. The Labute approximate surface area is 176 Å². The fraction of sp³-hybridized carbons (Fsp3) is 0.348. The molecule has 1 fully saturated rings. The number of likely N-dealkylation sites (tertiary alicyclic amines) is 1. The van der Waals surface area contributed by atoms with Crippen molar-refractivity contribution >= 4 is 17.8 Å². The molecule has 0 radical (unpaired) electrons. The van der Waals surface area contributed by atoms with Crippen LogP contribution in [0.15, 0.2) is 54.6 Å². The van der Waals surface area contributed by atoms with Crippen LogP contribution >= 0.6 is 0 Å². The van der Waals surface area contributed by atoms with E-state index in [-0.39, 0.29) is 12.5 Å². The van der Waals surface area contributed by atoms with Gasteiger partial charge in [0.15, 0.2) is 0 Å². The van der Waals surface area contributed by atoms with Crippen molar-refractivity contribution in [3.05, 3.63) is 65.7 Å². The average Bonchev–Trinajstić information content (AvgIpc) is 2.81. The number of methoxy groups -OCH3 is 1. The molecule has 1 N–H and O–H groups in total. The second-order valence-electron chi connectivity index (χ2n) is 7.08. The Hall–Kier alpha value is -3.35. The second-order valence-corrected chi connectivity index (χ2v) is 7.08. The summed E-state index contributed by atoms with van der Waals surface area (Å²) in [5.41, 5.74) is 1.01. The molecule has 0 spiro atoms. The molecule has 7 heteroatoms. The van der Waals surface area contributed by atoms with Crippen molar-refractivity contribution in [2.24, 2.45) is 0 Å². The topological polar surface area (TPSA) is 84.9 Å². The van der Waals surface area contributed by atoms with Crippen molar-refractivity contribution in [3.8, 4) is 5.75 Å². The molecule has 30 heavy (non-hydrogen) atoms. The number of piperidine rings is 1. The van der Waals surface area contributed by atoms with E-state index in [1.807, 2.05) is 6.07 Å². The molecule has 1 heterocycles. The van der Waals surface area contributed by atoms with Crippen LogP contribution in [0.4, 0.5) is 0 Å². The number of esters is 1. The third kappa shape index (κ3) is 5.59. The van der Waals surface area contributed by atoms with Gasteiger partial charge < -0.3 is 19.7 Å². The number of benzene rings is 2. The van der Waals surface area contributed by atoms with Gasteiger partial charge in [-0.15, -0.1) is 0 Å². The molecule has 2 amide bonds. The van der Waals surface area contributed by atoms with Gasteiger partial charge in [0.05, 0.1) is 7.11 Å². The summed E-state index contributed by atoms with van der Waals surface area (Å²) in [6, 6.07) is 15.5. The zero-order chi connectivity index (χ0) is 21.3. The third-order valence-electron chi connectivity index (χ3n) is 4.99. The van der Waals surface area contributed by atoms with Crippen LogP contribution < -0.4 is 10.1 Å². The number of carbonyl (C=O) groups is 3. The van der Waals surface area contributed by atoms with Gasteiger partial charge in [-0.3, -0.25) is 14.4 Å². The fourth-order valence-corrected chi connectivity index (χ4v) is 3.34. The van der Waals surface area contributed by atoms with E-state index < -0.39 is 18.0 Å². The average molecular weight is 410 g/mol. The molecule has 0 aromatic heterocycles. The minimum atomic E-state index is -1.02. The smallest absolute Gasteiger partial charge is 0.326 e. The molecule has 1 aliphatic heterocycles. The number of rotatable bonds is 7. The lowest BCUT2D eigenvalue weighted by Crippen LogP contribution is -2.41. The van der Waals surface area contributed by atoms with Crippen molar-refractivity contribution in [3.63, 3.8) is 0 Å². The van der Waals surface area contributed by atoms with Crippen LogP contribution in [0.1, 0.15) is 41.3 Å². The van der Waals surface area contributed by atoms with Crippen molar-refractivity contribution in [2.45, 2.75) is 25.4 Å². The maximum Gasteiger partial charge on any atom is 0.326 e. The molecular formula is C23H26N2O5. The van der Waals surface area contributed by atoms with Crippen LogP contribution in [0.2, 0.25) is 0 Å². The predicted molar refractivity (Wildman–Crippen MR) is 111 cm³/mol. The molecule has 0 unspecified atom stereocenters. The summed E-state index contributed by atoms with van der Waals surface area (Å²) in [5.74, 6) is -0.673. The summed E-state index contributed by atoms with van der Waals surface area (Å²) in [7, 11) is 1.54. The Morgan fingerprint density at radius 3 is 2.27 bits per heavy atom. The molecule has 158 valence electrons. The molecule has 7 nitrogen and oxygen atoms in total. The highest BCUT2D eigenvalue weighted by molar-refractivity contribution is 5.96. The van der Waals surface area contributed by atoms with Gasteiger partial charge in [0.1, 0.15) is 12.3 Å². The Morgan fingerprint density at radius 2 is 1.63 bits per heavy atom. The van der Waals surface area contributed by atoms with Gasteiger partial charge in [-0.2, -0.15) is 0 Å². The molecular weight excluding hydrogens is 384 g/mol. The van der Waals surface area contributed by atoms with E-state index in [1.165, 1.54) is 0 Å². The molecule has 3 rings (SSSR count). The first-order valence-corrected chi connectivity index (χ1v) is 10.0. The van der Waals surface area contributed by atoms with Gasteiger partial charge >= 0.3 is 5.97 Å². The Bertz CT molecular complexity index is 861. The van der Waals surface area contributed by atoms with E-state index in [9.17, 15) is 14.4 Å². The van der Waals surface area contributed by atoms with E-state index in [0.29, 0.717) is 30.0 Å². The van der Waals surface area contributed by atoms with Crippen molar-refractivity contribution < 1.29 is 23.9 Å². The van der Waals surface area contributed by atoms with Crippen LogP contribution in [0.25, 0.3) is 0 Å². The largest absolute Gasteiger partial charge is 0.497 e. The van der Waals surface area contributed by atoms with Gasteiger partial charge in [-0.1, -0.05) is 30.3 Å². The van der Waals surface area contributed by atoms with Crippen LogP contribution in [-0.4, -0.2) is 49.4 Å². The first-order chi connectivity index (χ1) is 14.6. The summed E-state index contributed by atoms with van der Waals surface area (Å²) in [5, 5.41) is 2.53. The van der Waals surface area contributed by atoms with E-state index in [2.05, 4.69) is 5.32 Å². The summed E-state index contributed by atoms with van der Waals surface area (Å²) >= 11 is 0. The van der Waals surface area contributed by atoms with Crippen LogP contribution in [0.5, 0.6) is 5.75 Å². The predicted octanol–water partition coefficient (Wildman–Crippen LogP) is 2.72. The summed E-state index contributed by atoms with van der Waals surface area (Å²) in [6.45, 7) is 0.989. The molecule has 2 aromatic carbocycles. The number of amides is 2. The Balaban J connectivity index is 1.62. The standard InChI is InChI=1S/C23H26N2O5/c1-29-19-12-10-18(11-13-19)22(27)24-16-20(26)30-21(17-8-4-2-5-9-17)23(28)25-14-6-3-7-15-25/h2,4-5,8-13,21H,3,6-7,14-16H2,1H3,(H,24,27)/t21-/m0/s1. The van der Waals surface area contributed by atoms with E-state index in [4.69, 9.17) is 9.47 Å². The Morgan fingerprint density at radius 1 is 0.967 bits per heavy atom. The maximum atomic E-state index is 13.0. The third-order valence-corrected chi connectivity index (χ3v) is 4.99. The highest BCUT2D eigenvalue weighted by Gasteiger charge is 2.30. The zero-order valence-electron chi connectivity index (χ0n) is 17.0. The van der Waals surface area contributed by atoms with E-state index >= 15 is 0 Å². The lowest BCUT2D eigenvalue weighted by molar-refractivity contribution is -0.160. The molecule has 0 aliphatic carbocycles. The van der Waals surface area contributed by atoms with Crippen LogP contribution in [0.3, 0.4) is 0 Å². The summed E-state index contributed by atoms with van der Waals surface area (Å²) in [4.78, 5) is 39.4. The lowest BCUT2D eigenvalue weighted by Gasteiger charge is -2.30. The molecule has 0 bridgehead atoms. The second kappa shape index (κ2) is 10.4. The number of hydrogen-bond donors (Lipinski definition) is 1. The summed E-state index contributed by atoms with van der Waals surface area (Å²) in [6.07, 6.45) is 1.96. The van der Waals surface area contributed by atoms with Gasteiger partial charge in [-0.05, 0) is 43.5 Å². The van der Waals surface area contributed by atoms with Crippen molar-refractivity contribution in [1.29, 1.82) is 0 Å². The van der Waals surface area contributed by atoms with E-state index in [0.717, 1.165) is 19.3 Å². The summed E-state index contributed by atoms with van der Waals surface area (Å²) < 4.78 is 10.6. The highest BCUT2D eigenvalue weighted by atomic mass is 16.5. The molecule has 1 atom stereocenters. The van der Waals surface area contributed by atoms with Crippen molar-refractivity contribution in [2.75, 3.05) is 26.7 Å². The first kappa shape index (κ1) is 21.4. The fourth-order valence-electron chi connectivity index (χ4n) is 3.34. The lowest BCUT2D eigenvalue weighted by atomic mass is 10.1. The molecule has 1 saturated heterocycles. The van der Waals surface area contributed by atoms with Gasteiger partial charge in [-0.25, -0.2) is 0 Å². The quantitative estimate of drug-likeness (QED) is 0.710. The highest BCUT2D eigenvalue weighted by Crippen LogP contribution is 2.22. The first-order valence-electron chi connectivity index (χ1n) is 10.0. The van der Waals surface area contributed by atoms with Crippen LogP contribution in [0, 0.1) is 0 Å². The normalized spacial score (nSPS) is 14.5. The minimum absolute atomic E-state index is 0.226. The number of nitrogens with one attached hydrogen (secondary N) is 1. The number of hydrogen-bond acceptors (Lipinski definition) is 5. The molecule has 0 saturated carbocycles. The number of nitrogens with zero attached hydrogens (tertiary/aromatic N) is 1. The van der Waals surface area contributed by atoms with E-state index in [1.54, 1.807) is 60.5 Å². The number of carbonyl (C=O) groups excluding carboxylic acids is 3. The maximum absolute atomic E-state index is 13.0. The molecule has 2 aromatic rings. The van der Waals surface area contributed by atoms with Gasteiger partial charge in [0.25, 0.3) is 11.8 Å². The van der Waals surface area contributed by atoms with Crippen LogP contribution in [-0.2, 0) is 14.3 Å². The van der Waals surface area contributed by atoms with Gasteiger partial charge in [0.2, 0.25) is 6.10 Å². The monoisotopic (exact) mass is 410 g/mol. The van der Waals surface area contributed by atoms with Gasteiger partial charge in [0, 0.05) is 24.2 Å².